The maximum Gasteiger partial charge on any atom is 0.231 e. The number of nitrogens with zero attached hydrogens (tertiary/aromatic N) is 2. The predicted octanol–water partition coefficient (Wildman–Crippen LogP) is 4.88. The molecule has 4 heteroatoms. The van der Waals surface area contributed by atoms with E-state index in [1.54, 1.807) is 0 Å². The molecule has 0 atom stereocenters. The van der Waals surface area contributed by atoms with Crippen molar-refractivity contribution in [1.82, 2.24) is 4.98 Å². The van der Waals surface area contributed by atoms with Gasteiger partial charge in [-0.15, -0.1) is 0 Å². The van der Waals surface area contributed by atoms with Crippen LogP contribution >= 0.6 is 0 Å². The van der Waals surface area contributed by atoms with Crippen LogP contribution < -0.4 is 9.47 Å². The molecule has 2 aromatic rings. The van der Waals surface area contributed by atoms with Crippen molar-refractivity contribution in [3.63, 3.8) is 0 Å². The fourth-order valence-electron chi connectivity index (χ4n) is 3.14. The number of allylic oxidation sites excluding steroid dienone is 1. The van der Waals surface area contributed by atoms with Gasteiger partial charge < -0.3 is 9.47 Å². The first-order valence-electron chi connectivity index (χ1n) is 8.57. The third-order valence-corrected chi connectivity index (χ3v) is 4.59. The fraction of sp³-hybridized carbons (Fsp3) is 0.333. The number of rotatable bonds is 2. The number of benzene rings is 1. The summed E-state index contributed by atoms with van der Waals surface area (Å²) in [5.74, 6) is 1.60. The molecule has 2 aliphatic rings. The minimum absolute atomic E-state index is 0.0210. The van der Waals surface area contributed by atoms with Crippen molar-refractivity contribution in [3.05, 3.63) is 53.3 Å². The number of ether oxygens (including phenoxy) is 2. The van der Waals surface area contributed by atoms with Crippen molar-refractivity contribution >= 4 is 17.0 Å². The number of aliphatic imine (C=N–C) groups is 1. The Bertz CT molecular complexity index is 904. The first-order valence-corrected chi connectivity index (χ1v) is 8.57. The Hall–Kier alpha value is -2.62. The van der Waals surface area contributed by atoms with Crippen LogP contribution in [-0.2, 0) is 0 Å². The Morgan fingerprint density at radius 2 is 1.80 bits per heavy atom. The molecule has 25 heavy (non-hydrogen) atoms. The Balaban J connectivity index is 1.84. The third kappa shape index (κ3) is 2.93. The molecule has 3 heterocycles. The van der Waals surface area contributed by atoms with Gasteiger partial charge in [0, 0.05) is 23.2 Å². The minimum Gasteiger partial charge on any atom is -0.454 e. The number of aromatic nitrogens is 1. The lowest BCUT2D eigenvalue weighted by Gasteiger charge is -2.18. The molecule has 4 rings (SSSR count). The van der Waals surface area contributed by atoms with Gasteiger partial charge in [0.15, 0.2) is 11.5 Å². The minimum atomic E-state index is 0.0210. The summed E-state index contributed by atoms with van der Waals surface area (Å²) in [6.45, 7) is 8.91. The van der Waals surface area contributed by atoms with E-state index in [0.717, 1.165) is 40.6 Å². The van der Waals surface area contributed by atoms with Crippen molar-refractivity contribution in [2.75, 3.05) is 6.79 Å². The highest BCUT2D eigenvalue weighted by Crippen LogP contribution is 2.42. The van der Waals surface area contributed by atoms with Gasteiger partial charge in [-0.1, -0.05) is 32.9 Å². The molecule has 1 aromatic heterocycles. The maximum atomic E-state index is 5.55. The van der Waals surface area contributed by atoms with E-state index in [-0.39, 0.29) is 12.2 Å². The second-order valence-electron chi connectivity index (χ2n) is 7.54. The highest BCUT2D eigenvalue weighted by molar-refractivity contribution is 6.11. The van der Waals surface area contributed by atoms with E-state index < -0.39 is 0 Å². The van der Waals surface area contributed by atoms with Gasteiger partial charge in [0.2, 0.25) is 6.79 Å². The summed E-state index contributed by atoms with van der Waals surface area (Å²) in [5, 5.41) is 0. The van der Waals surface area contributed by atoms with Crippen LogP contribution in [0.15, 0.2) is 41.4 Å². The number of fused-ring (bicyclic) bond motifs is 1. The van der Waals surface area contributed by atoms with Gasteiger partial charge in [-0.05, 0) is 42.3 Å². The SMILES string of the molecule is Cc1cccc(C2=C(c3ccc4c(c3)OCO4)CC(C(C)(C)C)=N2)n1. The third-order valence-electron chi connectivity index (χ3n) is 4.59. The highest BCUT2D eigenvalue weighted by atomic mass is 16.7. The second-order valence-corrected chi connectivity index (χ2v) is 7.54. The number of hydrogen-bond acceptors (Lipinski definition) is 4. The first-order chi connectivity index (χ1) is 11.9. The molecule has 4 nitrogen and oxygen atoms in total. The van der Waals surface area contributed by atoms with Gasteiger partial charge in [-0.25, -0.2) is 0 Å². The summed E-state index contributed by atoms with van der Waals surface area (Å²) in [6.07, 6.45) is 0.827. The normalized spacial score (nSPS) is 16.4. The number of hydrogen-bond donors (Lipinski definition) is 0. The smallest absolute Gasteiger partial charge is 0.231 e. The predicted molar refractivity (Wildman–Crippen MR) is 99.9 cm³/mol. The molecule has 0 spiro atoms. The molecule has 0 unspecified atom stereocenters. The van der Waals surface area contributed by atoms with Gasteiger partial charge in [-0.2, -0.15) is 0 Å². The lowest BCUT2D eigenvalue weighted by molar-refractivity contribution is 0.174. The maximum absolute atomic E-state index is 5.55. The topological polar surface area (TPSA) is 43.7 Å². The fourth-order valence-corrected chi connectivity index (χ4v) is 3.14. The van der Waals surface area contributed by atoms with Crippen LogP contribution in [0, 0.1) is 12.3 Å². The number of pyridine rings is 1. The lowest BCUT2D eigenvalue weighted by atomic mass is 9.86. The molecule has 128 valence electrons. The van der Waals surface area contributed by atoms with E-state index >= 15 is 0 Å². The summed E-state index contributed by atoms with van der Waals surface area (Å²) < 4.78 is 11.0. The van der Waals surface area contributed by atoms with E-state index in [9.17, 15) is 0 Å². The molecule has 0 saturated heterocycles. The van der Waals surface area contributed by atoms with E-state index in [1.165, 1.54) is 11.3 Å². The molecule has 0 bridgehead atoms. The summed E-state index contributed by atoms with van der Waals surface area (Å²) in [7, 11) is 0. The molecular weight excluding hydrogens is 312 g/mol. The Labute approximate surface area is 148 Å². The van der Waals surface area contributed by atoms with Gasteiger partial charge >= 0.3 is 0 Å². The molecular formula is C21H22N2O2. The zero-order chi connectivity index (χ0) is 17.6. The molecule has 0 fully saturated rings. The zero-order valence-corrected chi connectivity index (χ0v) is 15.1. The molecule has 0 aliphatic carbocycles. The van der Waals surface area contributed by atoms with E-state index in [2.05, 4.69) is 32.9 Å². The Morgan fingerprint density at radius 3 is 2.56 bits per heavy atom. The van der Waals surface area contributed by atoms with Gasteiger partial charge in [0.1, 0.15) is 0 Å². The van der Waals surface area contributed by atoms with Crippen LogP contribution in [0.3, 0.4) is 0 Å². The van der Waals surface area contributed by atoms with Crippen molar-refractivity contribution in [1.29, 1.82) is 0 Å². The van der Waals surface area contributed by atoms with Crippen LogP contribution in [0.1, 0.15) is 44.1 Å². The van der Waals surface area contributed by atoms with E-state index in [1.807, 2.05) is 31.2 Å². The molecule has 2 aliphatic heterocycles. The highest BCUT2D eigenvalue weighted by Gasteiger charge is 2.29. The lowest BCUT2D eigenvalue weighted by Crippen LogP contribution is -2.18. The molecule has 0 amide bonds. The van der Waals surface area contributed by atoms with Crippen molar-refractivity contribution in [3.8, 4) is 11.5 Å². The first kappa shape index (κ1) is 15.9. The van der Waals surface area contributed by atoms with Crippen molar-refractivity contribution < 1.29 is 9.47 Å². The molecule has 0 N–H and O–H groups in total. The van der Waals surface area contributed by atoms with E-state index in [0.29, 0.717) is 0 Å². The van der Waals surface area contributed by atoms with Crippen molar-refractivity contribution in [2.24, 2.45) is 10.4 Å². The Kier molecular flexibility index (Phi) is 3.64. The Morgan fingerprint density at radius 1 is 1.00 bits per heavy atom. The average Bonchev–Trinajstić information content (AvgIpc) is 3.20. The van der Waals surface area contributed by atoms with Crippen LogP contribution in [0.5, 0.6) is 11.5 Å². The largest absolute Gasteiger partial charge is 0.454 e. The van der Waals surface area contributed by atoms with Crippen LogP contribution in [0.2, 0.25) is 0 Å². The molecule has 1 aromatic carbocycles. The summed E-state index contributed by atoms with van der Waals surface area (Å²) in [4.78, 5) is 9.68. The zero-order valence-electron chi connectivity index (χ0n) is 15.1. The van der Waals surface area contributed by atoms with Crippen LogP contribution in [0.4, 0.5) is 0 Å². The van der Waals surface area contributed by atoms with Gasteiger partial charge in [-0.3, -0.25) is 9.98 Å². The standard InChI is InChI=1S/C21H22N2O2/c1-13-6-5-7-16(22-13)20-15(11-19(23-20)21(2,3)4)14-8-9-17-18(10-14)25-12-24-17/h5-10H,11-12H2,1-4H3. The molecule has 0 saturated carbocycles. The summed E-state index contributed by atoms with van der Waals surface area (Å²) in [6, 6.07) is 12.2. The van der Waals surface area contributed by atoms with Crippen LogP contribution in [0.25, 0.3) is 11.3 Å². The van der Waals surface area contributed by atoms with Crippen molar-refractivity contribution in [2.45, 2.75) is 34.1 Å². The van der Waals surface area contributed by atoms with Gasteiger partial charge in [0.05, 0.1) is 11.4 Å². The monoisotopic (exact) mass is 334 g/mol. The van der Waals surface area contributed by atoms with Crippen LogP contribution in [-0.4, -0.2) is 17.5 Å². The second kappa shape index (κ2) is 5.73. The molecule has 0 radical (unpaired) electrons. The average molecular weight is 334 g/mol. The quantitative estimate of drug-likeness (QED) is 0.786. The summed E-state index contributed by atoms with van der Waals surface area (Å²) >= 11 is 0. The number of aryl methyl sites for hydroxylation is 1. The summed E-state index contributed by atoms with van der Waals surface area (Å²) in [5.41, 5.74) is 6.40. The van der Waals surface area contributed by atoms with Gasteiger partial charge in [0.25, 0.3) is 0 Å². The van der Waals surface area contributed by atoms with E-state index in [4.69, 9.17) is 19.5 Å².